The average molecular weight is 418 g/mol. The smallest absolute Gasteiger partial charge is 0.131 e. The minimum Gasteiger partial charge on any atom is -0.256 e. The van der Waals surface area contributed by atoms with Gasteiger partial charge in [0.15, 0.2) is 0 Å². The molecule has 31 heavy (non-hydrogen) atoms. The molecule has 0 N–H and O–H groups in total. The van der Waals surface area contributed by atoms with Gasteiger partial charge in [-0.1, -0.05) is 94.8 Å². The van der Waals surface area contributed by atoms with Gasteiger partial charge in [-0.3, -0.25) is 4.98 Å². The molecule has 2 aromatic carbocycles. The molecule has 0 aliphatic rings. The Balaban J connectivity index is 1.62. The standard InChI is InChI=1S/C29H36FN/c1-3-5-7-9-11-23-13-19-27(28(30)21-23)25-15-17-26(18-16-25)29-20-14-24(22-31-29)12-10-8-6-4-2/h13-22H,3-12H2,1-2H3. The summed E-state index contributed by atoms with van der Waals surface area (Å²) in [6.45, 7) is 4.45. The lowest BCUT2D eigenvalue weighted by Crippen LogP contribution is -1.92. The van der Waals surface area contributed by atoms with E-state index in [2.05, 4.69) is 37.0 Å². The molecule has 0 amide bonds. The number of pyridine rings is 1. The van der Waals surface area contributed by atoms with Gasteiger partial charge in [-0.2, -0.15) is 0 Å². The Morgan fingerprint density at radius 2 is 1.26 bits per heavy atom. The van der Waals surface area contributed by atoms with Crippen molar-refractivity contribution in [2.45, 2.75) is 78.1 Å². The number of hydrogen-bond acceptors (Lipinski definition) is 1. The first kappa shape index (κ1) is 23.2. The summed E-state index contributed by atoms with van der Waals surface area (Å²) in [6.07, 6.45) is 14.0. The number of hydrogen-bond donors (Lipinski definition) is 0. The molecule has 1 heterocycles. The summed E-state index contributed by atoms with van der Waals surface area (Å²) in [4.78, 5) is 4.65. The summed E-state index contributed by atoms with van der Waals surface area (Å²) >= 11 is 0. The van der Waals surface area contributed by atoms with Crippen LogP contribution in [-0.4, -0.2) is 4.98 Å². The minimum atomic E-state index is -0.133. The molecule has 0 spiro atoms. The summed E-state index contributed by atoms with van der Waals surface area (Å²) in [6, 6.07) is 18.0. The van der Waals surface area contributed by atoms with Crippen LogP contribution in [0.5, 0.6) is 0 Å². The third-order valence-corrected chi connectivity index (χ3v) is 5.99. The van der Waals surface area contributed by atoms with Crippen LogP contribution in [0.1, 0.15) is 76.3 Å². The first-order chi connectivity index (χ1) is 15.2. The Morgan fingerprint density at radius 1 is 0.645 bits per heavy atom. The van der Waals surface area contributed by atoms with Crippen LogP contribution < -0.4 is 0 Å². The maximum atomic E-state index is 14.7. The van der Waals surface area contributed by atoms with Gasteiger partial charge in [-0.15, -0.1) is 0 Å². The molecular formula is C29H36FN. The number of unbranched alkanes of at least 4 members (excludes halogenated alkanes) is 6. The zero-order chi connectivity index (χ0) is 21.9. The Morgan fingerprint density at radius 3 is 1.84 bits per heavy atom. The van der Waals surface area contributed by atoms with Crippen LogP contribution in [0.4, 0.5) is 4.39 Å². The molecule has 0 saturated carbocycles. The van der Waals surface area contributed by atoms with E-state index in [9.17, 15) is 4.39 Å². The van der Waals surface area contributed by atoms with Gasteiger partial charge in [0.2, 0.25) is 0 Å². The Bertz CT molecular complexity index is 912. The van der Waals surface area contributed by atoms with Gasteiger partial charge in [0.25, 0.3) is 0 Å². The van der Waals surface area contributed by atoms with Crippen LogP contribution in [0.25, 0.3) is 22.4 Å². The summed E-state index contributed by atoms with van der Waals surface area (Å²) in [5.74, 6) is -0.133. The van der Waals surface area contributed by atoms with E-state index < -0.39 is 0 Å². The number of aromatic nitrogens is 1. The maximum absolute atomic E-state index is 14.7. The van der Waals surface area contributed by atoms with Crippen molar-refractivity contribution in [3.8, 4) is 22.4 Å². The van der Waals surface area contributed by atoms with E-state index in [0.29, 0.717) is 5.56 Å². The Hall–Kier alpha value is -2.48. The molecule has 0 unspecified atom stereocenters. The molecule has 1 aromatic heterocycles. The number of halogens is 1. The number of benzene rings is 2. The lowest BCUT2D eigenvalue weighted by atomic mass is 9.99. The molecular weight excluding hydrogens is 381 g/mol. The van der Waals surface area contributed by atoms with Crippen molar-refractivity contribution in [1.29, 1.82) is 0 Å². The normalized spacial score (nSPS) is 11.1. The molecule has 0 fully saturated rings. The Kier molecular flexibility index (Phi) is 9.27. The van der Waals surface area contributed by atoms with Crippen LogP contribution in [0.2, 0.25) is 0 Å². The van der Waals surface area contributed by atoms with Crippen LogP contribution in [0.3, 0.4) is 0 Å². The van der Waals surface area contributed by atoms with Crippen LogP contribution in [-0.2, 0) is 12.8 Å². The Labute approximate surface area is 187 Å². The molecule has 0 aliphatic heterocycles. The fraction of sp³-hybridized carbons (Fsp3) is 0.414. The van der Waals surface area contributed by atoms with Crippen molar-refractivity contribution in [3.05, 3.63) is 77.7 Å². The highest BCUT2D eigenvalue weighted by Gasteiger charge is 2.08. The van der Waals surface area contributed by atoms with E-state index in [1.807, 2.05) is 36.5 Å². The molecule has 164 valence electrons. The van der Waals surface area contributed by atoms with Crippen molar-refractivity contribution >= 4 is 0 Å². The van der Waals surface area contributed by atoms with Gasteiger partial charge in [-0.25, -0.2) is 4.39 Å². The van der Waals surface area contributed by atoms with Gasteiger partial charge >= 0.3 is 0 Å². The van der Waals surface area contributed by atoms with E-state index in [4.69, 9.17) is 0 Å². The number of rotatable bonds is 12. The second-order valence-corrected chi connectivity index (χ2v) is 8.56. The third kappa shape index (κ3) is 7.02. The van der Waals surface area contributed by atoms with Gasteiger partial charge in [0, 0.05) is 17.3 Å². The molecule has 0 saturated heterocycles. The van der Waals surface area contributed by atoms with Crippen LogP contribution >= 0.6 is 0 Å². The zero-order valence-corrected chi connectivity index (χ0v) is 19.2. The maximum Gasteiger partial charge on any atom is 0.131 e. The van der Waals surface area contributed by atoms with Crippen molar-refractivity contribution in [3.63, 3.8) is 0 Å². The van der Waals surface area contributed by atoms with E-state index in [1.54, 1.807) is 6.07 Å². The van der Waals surface area contributed by atoms with Gasteiger partial charge in [0.1, 0.15) is 5.82 Å². The lowest BCUT2D eigenvalue weighted by Gasteiger charge is -2.08. The van der Waals surface area contributed by atoms with Crippen molar-refractivity contribution in [2.75, 3.05) is 0 Å². The summed E-state index contributed by atoms with van der Waals surface area (Å²) < 4.78 is 14.7. The highest BCUT2D eigenvalue weighted by Crippen LogP contribution is 2.27. The average Bonchev–Trinajstić information content (AvgIpc) is 2.80. The second-order valence-electron chi connectivity index (χ2n) is 8.56. The van der Waals surface area contributed by atoms with Crippen molar-refractivity contribution < 1.29 is 4.39 Å². The molecule has 1 nitrogen and oxygen atoms in total. The fourth-order valence-corrected chi connectivity index (χ4v) is 4.02. The fourth-order valence-electron chi connectivity index (χ4n) is 4.02. The summed E-state index contributed by atoms with van der Waals surface area (Å²) in [5.41, 5.74) is 5.99. The van der Waals surface area contributed by atoms with Crippen LogP contribution in [0.15, 0.2) is 60.8 Å². The van der Waals surface area contributed by atoms with Gasteiger partial charge in [-0.05, 0) is 54.5 Å². The molecule has 3 rings (SSSR count). The molecule has 3 aromatic rings. The van der Waals surface area contributed by atoms with E-state index in [-0.39, 0.29) is 5.82 Å². The minimum absolute atomic E-state index is 0.133. The highest BCUT2D eigenvalue weighted by atomic mass is 19.1. The van der Waals surface area contributed by atoms with E-state index in [0.717, 1.165) is 41.6 Å². The van der Waals surface area contributed by atoms with Crippen LogP contribution in [0, 0.1) is 5.82 Å². The van der Waals surface area contributed by atoms with Crippen molar-refractivity contribution in [1.82, 2.24) is 4.98 Å². The molecule has 0 bridgehead atoms. The first-order valence-electron chi connectivity index (χ1n) is 12.1. The lowest BCUT2D eigenvalue weighted by molar-refractivity contribution is 0.624. The molecule has 0 radical (unpaired) electrons. The zero-order valence-electron chi connectivity index (χ0n) is 19.2. The van der Waals surface area contributed by atoms with E-state index in [1.165, 1.54) is 50.5 Å². The molecule has 0 aliphatic carbocycles. The quantitative estimate of drug-likeness (QED) is 0.268. The van der Waals surface area contributed by atoms with Gasteiger partial charge in [0.05, 0.1) is 5.69 Å². The topological polar surface area (TPSA) is 12.9 Å². The molecule has 2 heteroatoms. The highest BCUT2D eigenvalue weighted by molar-refractivity contribution is 5.69. The predicted molar refractivity (Wildman–Crippen MR) is 131 cm³/mol. The first-order valence-corrected chi connectivity index (χ1v) is 12.1. The number of aryl methyl sites for hydroxylation is 2. The predicted octanol–water partition coefficient (Wildman–Crippen LogP) is 8.80. The van der Waals surface area contributed by atoms with Crippen molar-refractivity contribution in [2.24, 2.45) is 0 Å². The summed E-state index contributed by atoms with van der Waals surface area (Å²) in [5, 5.41) is 0. The van der Waals surface area contributed by atoms with E-state index >= 15 is 0 Å². The van der Waals surface area contributed by atoms with Gasteiger partial charge < -0.3 is 0 Å². The SMILES string of the molecule is CCCCCCc1ccc(-c2ccc(-c3ccc(CCCCCC)cc3F)cc2)nc1. The second kappa shape index (κ2) is 12.4. The largest absolute Gasteiger partial charge is 0.256 e. The number of nitrogens with zero attached hydrogens (tertiary/aromatic N) is 1. The molecule has 0 atom stereocenters. The summed E-state index contributed by atoms with van der Waals surface area (Å²) in [7, 11) is 0. The monoisotopic (exact) mass is 417 g/mol. The third-order valence-electron chi connectivity index (χ3n) is 5.99.